The molecule has 1 aliphatic rings. The number of hydrogen-bond donors (Lipinski definition) is 0. The van der Waals surface area contributed by atoms with Gasteiger partial charge in [0.1, 0.15) is 0 Å². The van der Waals surface area contributed by atoms with Crippen LogP contribution in [-0.4, -0.2) is 68.4 Å². The predicted molar refractivity (Wildman–Crippen MR) is 103 cm³/mol. The van der Waals surface area contributed by atoms with Crippen LogP contribution in [-0.2, 0) is 9.47 Å². The van der Waals surface area contributed by atoms with E-state index in [4.69, 9.17) is 9.47 Å². The Morgan fingerprint density at radius 3 is 2.36 bits per heavy atom. The van der Waals surface area contributed by atoms with Crippen LogP contribution in [0, 0.1) is 5.92 Å². The van der Waals surface area contributed by atoms with Crippen LogP contribution in [0.4, 0.5) is 4.79 Å². The lowest BCUT2D eigenvalue weighted by Gasteiger charge is -2.34. The molecule has 0 bridgehead atoms. The first-order valence-corrected chi connectivity index (χ1v) is 10.1. The van der Waals surface area contributed by atoms with E-state index in [2.05, 4.69) is 32.7 Å². The zero-order chi connectivity index (χ0) is 18.7. The van der Waals surface area contributed by atoms with E-state index in [0.717, 1.165) is 45.3 Å². The van der Waals surface area contributed by atoms with E-state index in [1.54, 1.807) is 4.90 Å². The minimum atomic E-state index is -0.186. The van der Waals surface area contributed by atoms with Crippen molar-refractivity contribution in [2.75, 3.05) is 40.4 Å². The van der Waals surface area contributed by atoms with Crippen molar-refractivity contribution in [1.29, 1.82) is 0 Å². The average Bonchev–Trinajstić information content (AvgIpc) is 2.59. The molecule has 0 radical (unpaired) electrons. The number of amides is 1. The summed E-state index contributed by atoms with van der Waals surface area (Å²) in [5.74, 6) is 0.378. The first-order valence-electron chi connectivity index (χ1n) is 10.1. The summed E-state index contributed by atoms with van der Waals surface area (Å²) in [6.07, 6.45) is 7.85. The molecule has 5 heteroatoms. The fraction of sp³-hybridized carbons (Fsp3) is 0.950. The van der Waals surface area contributed by atoms with Crippen molar-refractivity contribution in [3.8, 4) is 0 Å². The van der Waals surface area contributed by atoms with Gasteiger partial charge >= 0.3 is 6.09 Å². The van der Waals surface area contributed by atoms with Crippen molar-refractivity contribution in [2.24, 2.45) is 5.92 Å². The summed E-state index contributed by atoms with van der Waals surface area (Å²) in [4.78, 5) is 16.2. The second-order valence-electron chi connectivity index (χ2n) is 7.89. The number of carbonyl (C=O) groups is 1. The van der Waals surface area contributed by atoms with Crippen LogP contribution in [0.15, 0.2) is 0 Å². The van der Waals surface area contributed by atoms with Crippen molar-refractivity contribution in [3.05, 3.63) is 0 Å². The monoisotopic (exact) mass is 356 g/mol. The predicted octanol–water partition coefficient (Wildman–Crippen LogP) is 4.16. The Morgan fingerprint density at radius 1 is 1.08 bits per heavy atom. The van der Waals surface area contributed by atoms with Gasteiger partial charge in [0.15, 0.2) is 0 Å². The molecule has 1 saturated carbocycles. The molecule has 0 atom stereocenters. The van der Waals surface area contributed by atoms with Crippen LogP contribution in [0.2, 0.25) is 0 Å². The second kappa shape index (κ2) is 12.5. The SMILES string of the molecule is CCCN(C)CCCCO[C@H]1CC[C@H](N(C)C(=O)OCC(C)C)CC1. The second-order valence-corrected chi connectivity index (χ2v) is 7.89. The summed E-state index contributed by atoms with van der Waals surface area (Å²) >= 11 is 0. The van der Waals surface area contributed by atoms with Crippen LogP contribution in [0.1, 0.15) is 65.7 Å². The van der Waals surface area contributed by atoms with E-state index in [9.17, 15) is 4.79 Å². The van der Waals surface area contributed by atoms with Gasteiger partial charge in [0.2, 0.25) is 0 Å². The third kappa shape index (κ3) is 9.45. The fourth-order valence-electron chi connectivity index (χ4n) is 3.32. The Hall–Kier alpha value is -0.810. The van der Waals surface area contributed by atoms with Crippen LogP contribution < -0.4 is 0 Å². The van der Waals surface area contributed by atoms with E-state index in [-0.39, 0.29) is 6.09 Å². The molecule has 0 aromatic rings. The maximum atomic E-state index is 12.0. The number of ether oxygens (including phenoxy) is 2. The summed E-state index contributed by atoms with van der Waals surface area (Å²) < 4.78 is 11.4. The maximum Gasteiger partial charge on any atom is 0.409 e. The van der Waals surface area contributed by atoms with Gasteiger partial charge in [-0.15, -0.1) is 0 Å². The molecule has 0 aromatic carbocycles. The highest BCUT2D eigenvalue weighted by atomic mass is 16.6. The summed E-state index contributed by atoms with van der Waals surface area (Å²) in [5, 5.41) is 0. The smallest absolute Gasteiger partial charge is 0.409 e. The van der Waals surface area contributed by atoms with E-state index >= 15 is 0 Å². The lowest BCUT2D eigenvalue weighted by atomic mass is 9.92. The molecule has 0 unspecified atom stereocenters. The largest absolute Gasteiger partial charge is 0.449 e. The topological polar surface area (TPSA) is 42.0 Å². The molecule has 148 valence electrons. The van der Waals surface area contributed by atoms with E-state index < -0.39 is 0 Å². The first kappa shape index (κ1) is 22.2. The molecule has 0 N–H and O–H groups in total. The fourth-order valence-corrected chi connectivity index (χ4v) is 3.32. The Kier molecular flexibility index (Phi) is 11.1. The van der Waals surface area contributed by atoms with Gasteiger partial charge in [-0.2, -0.15) is 0 Å². The molecule has 0 spiro atoms. The van der Waals surface area contributed by atoms with Crippen molar-refractivity contribution in [1.82, 2.24) is 9.80 Å². The van der Waals surface area contributed by atoms with Crippen LogP contribution in [0.25, 0.3) is 0 Å². The standard InChI is InChI=1S/C20H40N2O3/c1-6-13-21(4)14-7-8-15-24-19-11-9-18(10-12-19)22(5)20(23)25-16-17(2)3/h17-19H,6-16H2,1-5H3/t18-,19-. The summed E-state index contributed by atoms with van der Waals surface area (Å²) in [5.41, 5.74) is 0. The minimum Gasteiger partial charge on any atom is -0.449 e. The van der Waals surface area contributed by atoms with E-state index in [1.807, 2.05) is 7.05 Å². The zero-order valence-corrected chi connectivity index (χ0v) is 17.1. The number of rotatable bonds is 11. The number of carbonyl (C=O) groups excluding carboxylic acids is 1. The van der Waals surface area contributed by atoms with Crippen molar-refractivity contribution < 1.29 is 14.3 Å². The molecular formula is C20H40N2O3. The highest BCUT2D eigenvalue weighted by Crippen LogP contribution is 2.25. The first-order chi connectivity index (χ1) is 11.9. The van der Waals surface area contributed by atoms with Gasteiger partial charge in [-0.05, 0) is 71.0 Å². The summed E-state index contributed by atoms with van der Waals surface area (Å²) in [6.45, 7) is 10.0. The lowest BCUT2D eigenvalue weighted by molar-refractivity contribution is 0.00648. The zero-order valence-electron chi connectivity index (χ0n) is 17.1. The third-order valence-electron chi connectivity index (χ3n) is 4.91. The highest BCUT2D eigenvalue weighted by Gasteiger charge is 2.27. The van der Waals surface area contributed by atoms with Gasteiger partial charge in [-0.25, -0.2) is 4.79 Å². The number of hydrogen-bond acceptors (Lipinski definition) is 4. The summed E-state index contributed by atoms with van der Waals surface area (Å²) in [6, 6.07) is 0.294. The van der Waals surface area contributed by atoms with Gasteiger partial charge in [-0.3, -0.25) is 0 Å². The molecule has 1 aliphatic carbocycles. The van der Waals surface area contributed by atoms with Crippen molar-refractivity contribution >= 4 is 6.09 Å². The Balaban J connectivity index is 2.11. The molecule has 0 heterocycles. The molecule has 1 amide bonds. The molecule has 0 aliphatic heterocycles. The lowest BCUT2D eigenvalue weighted by Crippen LogP contribution is -2.41. The van der Waals surface area contributed by atoms with Gasteiger partial charge in [-0.1, -0.05) is 20.8 Å². The van der Waals surface area contributed by atoms with Crippen LogP contribution in [0.3, 0.4) is 0 Å². The van der Waals surface area contributed by atoms with Gasteiger partial charge in [0, 0.05) is 19.7 Å². The highest BCUT2D eigenvalue weighted by molar-refractivity contribution is 5.67. The average molecular weight is 357 g/mol. The Morgan fingerprint density at radius 2 is 1.76 bits per heavy atom. The maximum absolute atomic E-state index is 12.0. The van der Waals surface area contributed by atoms with Gasteiger partial charge in [0.05, 0.1) is 12.7 Å². The van der Waals surface area contributed by atoms with Gasteiger partial charge in [0.25, 0.3) is 0 Å². The van der Waals surface area contributed by atoms with Crippen LogP contribution >= 0.6 is 0 Å². The van der Waals surface area contributed by atoms with Crippen molar-refractivity contribution in [3.63, 3.8) is 0 Å². The quantitative estimate of drug-likeness (QED) is 0.521. The molecule has 1 rings (SSSR count). The van der Waals surface area contributed by atoms with E-state index in [0.29, 0.717) is 24.7 Å². The van der Waals surface area contributed by atoms with E-state index in [1.165, 1.54) is 19.4 Å². The Labute approximate surface area is 155 Å². The molecule has 5 nitrogen and oxygen atoms in total. The number of unbranched alkanes of at least 4 members (excludes halogenated alkanes) is 1. The summed E-state index contributed by atoms with van der Waals surface area (Å²) in [7, 11) is 4.05. The molecule has 0 saturated heterocycles. The molecule has 0 aromatic heterocycles. The normalized spacial score (nSPS) is 20.9. The molecular weight excluding hydrogens is 316 g/mol. The molecule has 1 fully saturated rings. The minimum absolute atomic E-state index is 0.186. The van der Waals surface area contributed by atoms with Gasteiger partial charge < -0.3 is 19.3 Å². The van der Waals surface area contributed by atoms with Crippen LogP contribution in [0.5, 0.6) is 0 Å². The molecule has 25 heavy (non-hydrogen) atoms. The Bertz CT molecular complexity index is 355. The number of nitrogens with zero attached hydrogens (tertiary/aromatic N) is 2. The van der Waals surface area contributed by atoms with Crippen molar-refractivity contribution in [2.45, 2.75) is 77.9 Å². The third-order valence-corrected chi connectivity index (χ3v) is 4.91.